The van der Waals surface area contributed by atoms with Crippen molar-refractivity contribution in [3.05, 3.63) is 41.7 Å². The first kappa shape index (κ1) is 43.9. The van der Waals surface area contributed by atoms with Crippen molar-refractivity contribution >= 4 is 11.8 Å². The molecular weight excluding hydrogens is 590 g/mol. The minimum Gasteiger partial charge on any atom is -0.354 e. The van der Waals surface area contributed by atoms with Crippen molar-refractivity contribution in [1.82, 2.24) is 15.6 Å². The highest BCUT2D eigenvalue weighted by Crippen LogP contribution is 2.14. The zero-order valence-corrected chi connectivity index (χ0v) is 31.9. The fourth-order valence-electron chi connectivity index (χ4n) is 6.44. The number of hydrogen-bond donors (Lipinski definition) is 2. The van der Waals surface area contributed by atoms with Crippen LogP contribution in [0.25, 0.3) is 0 Å². The third-order valence-electron chi connectivity index (χ3n) is 9.71. The molecule has 48 heavy (non-hydrogen) atoms. The van der Waals surface area contributed by atoms with E-state index in [1.165, 1.54) is 141 Å². The molecule has 2 amide bonds. The summed E-state index contributed by atoms with van der Waals surface area (Å²) in [4.78, 5) is 30.3. The van der Waals surface area contributed by atoms with E-state index in [1.807, 2.05) is 19.2 Å². The predicted molar refractivity (Wildman–Crippen MR) is 207 cm³/mol. The molecule has 0 fully saturated rings. The van der Waals surface area contributed by atoms with E-state index >= 15 is 0 Å². The summed E-state index contributed by atoms with van der Waals surface area (Å²) in [5.74, 6) is -0.0882. The van der Waals surface area contributed by atoms with Crippen LogP contribution in [-0.2, 0) is 16.0 Å². The van der Waals surface area contributed by atoms with Crippen LogP contribution < -0.4 is 10.6 Å². The van der Waals surface area contributed by atoms with Crippen molar-refractivity contribution < 1.29 is 9.59 Å². The Morgan fingerprint density at radius 1 is 0.646 bits per heavy atom. The van der Waals surface area contributed by atoms with Gasteiger partial charge in [-0.15, -0.1) is 0 Å². The number of nitrogens with zero attached hydrogens (tertiary/aromatic N) is 1. The molecule has 2 N–H and O–H groups in total. The molecule has 5 heteroatoms. The second-order valence-electron chi connectivity index (χ2n) is 14.3. The van der Waals surface area contributed by atoms with Gasteiger partial charge in [0.05, 0.1) is 0 Å². The summed E-state index contributed by atoms with van der Waals surface area (Å²) in [5.41, 5.74) is 2.11. The number of aromatic nitrogens is 1. The average molecular weight is 668 g/mol. The lowest BCUT2D eigenvalue weighted by Crippen LogP contribution is -2.48. The van der Waals surface area contributed by atoms with Gasteiger partial charge in [0, 0.05) is 31.8 Å². The normalized spacial score (nSPS) is 12.1. The molecule has 276 valence electrons. The Balaban J connectivity index is 2.20. The summed E-state index contributed by atoms with van der Waals surface area (Å²) in [6.45, 7) is 7.23. The molecule has 0 spiro atoms. The smallest absolute Gasteiger partial charge is 0.242 e. The fraction of sp³-hybridized carbons (Fsp3) is 0.791. The van der Waals surface area contributed by atoms with Crippen LogP contribution in [0.1, 0.15) is 205 Å². The van der Waals surface area contributed by atoms with Gasteiger partial charge in [-0.1, -0.05) is 161 Å². The lowest BCUT2D eigenvalue weighted by Gasteiger charge is -2.19. The SMILES string of the molecule is CCCCCCCC/C=C\CCCCCCCC(=O)NC(Cc1ccncc1C)C(=O)NCCCCCCCCCCCCCCCC. The molecule has 0 saturated heterocycles. The fourth-order valence-corrected chi connectivity index (χ4v) is 6.44. The Bertz CT molecular complexity index is 915. The van der Waals surface area contributed by atoms with Crippen molar-refractivity contribution in [2.75, 3.05) is 6.54 Å². The quantitative estimate of drug-likeness (QED) is 0.0567. The zero-order valence-electron chi connectivity index (χ0n) is 31.9. The zero-order chi connectivity index (χ0) is 34.8. The lowest BCUT2D eigenvalue weighted by atomic mass is 10.0. The molecule has 1 aromatic rings. The second kappa shape index (κ2) is 33.3. The van der Waals surface area contributed by atoms with Crippen LogP contribution in [0.15, 0.2) is 30.6 Å². The molecule has 1 rings (SSSR count). The number of unbranched alkanes of at least 4 members (excludes halogenated alkanes) is 24. The van der Waals surface area contributed by atoms with Gasteiger partial charge in [-0.05, 0) is 62.6 Å². The molecule has 0 radical (unpaired) electrons. The molecule has 0 saturated carbocycles. The summed E-state index contributed by atoms with van der Waals surface area (Å²) in [7, 11) is 0. The standard InChI is InChI=1S/C43H77N3O2/c1-4-6-8-10-12-14-16-18-20-21-23-25-27-29-31-33-42(47)46-41(37-40-34-36-44-38-39(40)3)43(48)45-35-32-30-28-26-24-22-19-17-15-13-11-9-7-5-2/h18,20,34,36,38,41H,4-17,19,21-33,35,37H2,1-3H3,(H,45,48)(H,46,47)/b20-18-. The molecule has 1 atom stereocenters. The van der Waals surface area contributed by atoms with Crippen molar-refractivity contribution in [3.63, 3.8) is 0 Å². The molecule has 1 unspecified atom stereocenters. The Morgan fingerprint density at radius 3 is 1.60 bits per heavy atom. The third kappa shape index (κ3) is 26.7. The van der Waals surface area contributed by atoms with Crippen LogP contribution in [0.5, 0.6) is 0 Å². The van der Waals surface area contributed by atoms with Gasteiger partial charge < -0.3 is 10.6 Å². The van der Waals surface area contributed by atoms with E-state index in [4.69, 9.17) is 0 Å². The molecule has 1 aromatic heterocycles. The predicted octanol–water partition coefficient (Wildman–Crippen LogP) is 12.1. The van der Waals surface area contributed by atoms with E-state index in [-0.39, 0.29) is 11.8 Å². The minimum absolute atomic E-state index is 0.0176. The first-order valence-corrected chi connectivity index (χ1v) is 20.7. The van der Waals surface area contributed by atoms with E-state index in [0.717, 1.165) is 43.2 Å². The topological polar surface area (TPSA) is 71.1 Å². The maximum atomic E-state index is 13.2. The van der Waals surface area contributed by atoms with Gasteiger partial charge >= 0.3 is 0 Å². The van der Waals surface area contributed by atoms with Crippen LogP contribution in [0.4, 0.5) is 0 Å². The van der Waals surface area contributed by atoms with Gasteiger partial charge in [0.25, 0.3) is 0 Å². The lowest BCUT2D eigenvalue weighted by molar-refractivity contribution is -0.129. The Hall–Kier alpha value is -2.17. The number of amides is 2. The first-order valence-electron chi connectivity index (χ1n) is 20.7. The number of allylic oxidation sites excluding steroid dienone is 2. The number of carbonyl (C=O) groups is 2. The molecular formula is C43H77N3O2. The van der Waals surface area contributed by atoms with Gasteiger partial charge in [0.2, 0.25) is 11.8 Å². The summed E-state index contributed by atoms with van der Waals surface area (Å²) in [5, 5.41) is 6.18. The molecule has 0 aliphatic rings. The molecule has 1 heterocycles. The van der Waals surface area contributed by atoms with Crippen molar-refractivity contribution in [2.45, 2.75) is 213 Å². The number of nitrogens with one attached hydrogen (secondary N) is 2. The van der Waals surface area contributed by atoms with Crippen molar-refractivity contribution in [3.8, 4) is 0 Å². The number of hydrogen-bond acceptors (Lipinski definition) is 3. The van der Waals surface area contributed by atoms with Gasteiger partial charge in [0.15, 0.2) is 0 Å². The average Bonchev–Trinajstić information content (AvgIpc) is 3.08. The van der Waals surface area contributed by atoms with E-state index < -0.39 is 6.04 Å². The van der Waals surface area contributed by atoms with Crippen LogP contribution in [0.3, 0.4) is 0 Å². The highest BCUT2D eigenvalue weighted by atomic mass is 16.2. The number of rotatable bonds is 34. The minimum atomic E-state index is -0.548. The number of pyridine rings is 1. The van der Waals surface area contributed by atoms with Crippen molar-refractivity contribution in [2.24, 2.45) is 0 Å². The van der Waals surface area contributed by atoms with Crippen LogP contribution in [-0.4, -0.2) is 29.4 Å². The first-order chi connectivity index (χ1) is 23.6. The van der Waals surface area contributed by atoms with E-state index in [0.29, 0.717) is 19.4 Å². The Labute approximate surface area is 297 Å². The molecule has 0 aliphatic heterocycles. The number of carbonyl (C=O) groups excluding carboxylic acids is 2. The molecule has 0 bridgehead atoms. The Kier molecular flexibility index (Phi) is 30.5. The molecule has 0 aliphatic carbocycles. The monoisotopic (exact) mass is 668 g/mol. The third-order valence-corrected chi connectivity index (χ3v) is 9.71. The van der Waals surface area contributed by atoms with E-state index in [1.54, 1.807) is 6.20 Å². The van der Waals surface area contributed by atoms with Gasteiger partial charge in [-0.3, -0.25) is 14.6 Å². The van der Waals surface area contributed by atoms with Crippen molar-refractivity contribution in [1.29, 1.82) is 0 Å². The summed E-state index contributed by atoms with van der Waals surface area (Å²) in [6, 6.07) is 1.41. The van der Waals surface area contributed by atoms with Gasteiger partial charge in [-0.25, -0.2) is 0 Å². The summed E-state index contributed by atoms with van der Waals surface area (Å²) < 4.78 is 0. The highest BCUT2D eigenvalue weighted by Gasteiger charge is 2.21. The number of aryl methyl sites for hydroxylation is 1. The summed E-state index contributed by atoms with van der Waals surface area (Å²) in [6.07, 6.45) is 43.9. The van der Waals surface area contributed by atoms with E-state index in [9.17, 15) is 9.59 Å². The van der Waals surface area contributed by atoms with Crippen LogP contribution in [0, 0.1) is 6.92 Å². The maximum absolute atomic E-state index is 13.2. The largest absolute Gasteiger partial charge is 0.354 e. The molecule has 5 nitrogen and oxygen atoms in total. The van der Waals surface area contributed by atoms with Crippen LogP contribution in [0.2, 0.25) is 0 Å². The Morgan fingerprint density at radius 2 is 1.10 bits per heavy atom. The van der Waals surface area contributed by atoms with E-state index in [2.05, 4.69) is 41.6 Å². The van der Waals surface area contributed by atoms with Crippen LogP contribution >= 0.6 is 0 Å². The summed E-state index contributed by atoms with van der Waals surface area (Å²) >= 11 is 0. The van der Waals surface area contributed by atoms with Gasteiger partial charge in [0.1, 0.15) is 6.04 Å². The molecule has 0 aromatic carbocycles. The maximum Gasteiger partial charge on any atom is 0.242 e. The van der Waals surface area contributed by atoms with Gasteiger partial charge in [-0.2, -0.15) is 0 Å². The highest BCUT2D eigenvalue weighted by molar-refractivity contribution is 5.87. The second-order valence-corrected chi connectivity index (χ2v) is 14.3.